The van der Waals surface area contributed by atoms with Crippen LogP contribution in [-0.2, 0) is 33.3 Å². The maximum atomic E-state index is 11.3. The molecule has 2 amide bonds. The Kier molecular flexibility index (Phi) is 29.0. The molecule has 35 heavy (non-hydrogen) atoms. The van der Waals surface area contributed by atoms with Gasteiger partial charge < -0.3 is 40.5 Å². The average Bonchev–Trinajstić information content (AvgIpc) is 2.78. The van der Waals surface area contributed by atoms with E-state index in [1.54, 1.807) is 18.2 Å². The van der Waals surface area contributed by atoms with E-state index in [0.29, 0.717) is 46.1 Å². The van der Waals surface area contributed by atoms with Gasteiger partial charge >= 0.3 is 12.1 Å². The van der Waals surface area contributed by atoms with Gasteiger partial charge in [0.1, 0.15) is 18.8 Å². The Bertz CT molecular complexity index is 590. The number of nitrogens with one attached hydrogen (secondary N) is 1. The SMILES string of the molecule is C=C/C=C(\C=C)COC(=O)COCCOCCC.CC(C)(C)OC(=O)NCCOCCN.NC=O. The molecule has 0 spiro atoms. The van der Waals surface area contributed by atoms with Crippen LogP contribution in [0.3, 0.4) is 0 Å². The molecule has 0 aliphatic heterocycles. The van der Waals surface area contributed by atoms with Gasteiger partial charge in [0, 0.05) is 19.7 Å². The minimum Gasteiger partial charge on any atom is -0.459 e. The van der Waals surface area contributed by atoms with Gasteiger partial charge in [-0.3, -0.25) is 4.79 Å². The largest absolute Gasteiger partial charge is 0.459 e. The molecular weight excluding hydrogens is 458 g/mol. The smallest absolute Gasteiger partial charge is 0.407 e. The summed E-state index contributed by atoms with van der Waals surface area (Å²) in [5.41, 5.74) is 9.72. The number of amides is 2. The molecule has 0 aromatic rings. The predicted molar refractivity (Wildman–Crippen MR) is 136 cm³/mol. The normalized spacial score (nSPS) is 10.5. The van der Waals surface area contributed by atoms with E-state index in [0.717, 1.165) is 12.0 Å². The summed E-state index contributed by atoms with van der Waals surface area (Å²) in [5.74, 6) is -0.401. The van der Waals surface area contributed by atoms with E-state index < -0.39 is 17.7 Å². The monoisotopic (exact) mass is 503 g/mol. The number of hydrogen-bond acceptors (Lipinski definition) is 9. The number of carbonyl (C=O) groups is 3. The standard InChI is InChI=1S/C14H22O4.C9H20N2O3.CH3NO/c1-4-7-13(6-3)11-18-14(15)12-17-10-9-16-8-5-2;1-9(2,3)14-8(12)11-5-7-13-6-4-10;2-1-3/h4,6-7H,1,3,5,8-12H2,2H3;4-7,10H2,1-3H3,(H,11,12);1H,(H2,2,3)/b13-7+;;. The average molecular weight is 504 g/mol. The van der Waals surface area contributed by atoms with Crippen molar-refractivity contribution in [3.05, 3.63) is 37.0 Å². The highest BCUT2D eigenvalue weighted by molar-refractivity contribution is 5.71. The molecule has 0 aliphatic rings. The van der Waals surface area contributed by atoms with Crippen molar-refractivity contribution in [3.8, 4) is 0 Å². The third kappa shape index (κ3) is 36.0. The van der Waals surface area contributed by atoms with Gasteiger partial charge in [0.25, 0.3) is 0 Å². The van der Waals surface area contributed by atoms with Crippen molar-refractivity contribution < 1.29 is 38.1 Å². The van der Waals surface area contributed by atoms with Gasteiger partial charge in [-0.25, -0.2) is 9.59 Å². The molecule has 0 aromatic heterocycles. The molecule has 11 nitrogen and oxygen atoms in total. The fourth-order valence-electron chi connectivity index (χ4n) is 1.78. The van der Waals surface area contributed by atoms with Crippen LogP contribution in [0.5, 0.6) is 0 Å². The Morgan fingerprint density at radius 1 is 0.971 bits per heavy atom. The summed E-state index contributed by atoms with van der Waals surface area (Å²) < 4.78 is 25.4. The number of rotatable bonds is 16. The number of allylic oxidation sites excluding steroid dienone is 2. The molecule has 204 valence electrons. The molecule has 11 heteroatoms. The van der Waals surface area contributed by atoms with Crippen LogP contribution >= 0.6 is 0 Å². The zero-order chi connectivity index (χ0) is 27.4. The van der Waals surface area contributed by atoms with Crippen LogP contribution in [0.25, 0.3) is 0 Å². The molecule has 0 rings (SSSR count). The number of alkyl carbamates (subject to hydrolysis) is 1. The van der Waals surface area contributed by atoms with Crippen LogP contribution in [0.15, 0.2) is 37.0 Å². The predicted octanol–water partition coefficient (Wildman–Crippen LogP) is 1.86. The topological polar surface area (TPSA) is 161 Å². The lowest BCUT2D eigenvalue weighted by atomic mass is 10.2. The highest BCUT2D eigenvalue weighted by atomic mass is 16.6. The molecule has 0 fully saturated rings. The van der Waals surface area contributed by atoms with Gasteiger partial charge in [0.05, 0.1) is 26.4 Å². The molecule has 0 unspecified atom stereocenters. The summed E-state index contributed by atoms with van der Waals surface area (Å²) in [6, 6.07) is 0. The number of ether oxygens (including phenoxy) is 5. The summed E-state index contributed by atoms with van der Waals surface area (Å²) in [5, 5.41) is 2.57. The molecule has 5 N–H and O–H groups in total. The van der Waals surface area contributed by atoms with Gasteiger partial charge in [0.2, 0.25) is 6.41 Å². The van der Waals surface area contributed by atoms with Gasteiger partial charge in [-0.05, 0) is 32.8 Å². The second-order valence-corrected chi connectivity index (χ2v) is 7.47. The second-order valence-electron chi connectivity index (χ2n) is 7.47. The quantitative estimate of drug-likeness (QED) is 0.123. The van der Waals surface area contributed by atoms with Gasteiger partial charge in [0.15, 0.2) is 0 Å². The molecule has 0 aliphatic carbocycles. The minimum atomic E-state index is -0.456. The maximum absolute atomic E-state index is 11.3. The number of primary amides is 1. The zero-order valence-electron chi connectivity index (χ0n) is 21.7. The lowest BCUT2D eigenvalue weighted by Gasteiger charge is -2.19. The molecular formula is C24H45N3O8. The van der Waals surface area contributed by atoms with Crippen molar-refractivity contribution in [2.24, 2.45) is 11.5 Å². The molecule has 0 heterocycles. The number of hydrogen-bond donors (Lipinski definition) is 3. The van der Waals surface area contributed by atoms with Crippen molar-refractivity contribution >= 4 is 18.5 Å². The fourth-order valence-corrected chi connectivity index (χ4v) is 1.78. The highest BCUT2D eigenvalue weighted by Gasteiger charge is 2.15. The second kappa shape index (κ2) is 27.5. The van der Waals surface area contributed by atoms with Gasteiger partial charge in [-0.1, -0.05) is 38.3 Å². The van der Waals surface area contributed by atoms with Crippen molar-refractivity contribution in [1.82, 2.24) is 5.32 Å². The Hall–Kier alpha value is -2.73. The van der Waals surface area contributed by atoms with E-state index in [2.05, 4.69) is 24.2 Å². The van der Waals surface area contributed by atoms with Gasteiger partial charge in [-0.2, -0.15) is 0 Å². The Labute approximate surface area is 209 Å². The van der Waals surface area contributed by atoms with Crippen LogP contribution in [0.2, 0.25) is 0 Å². The lowest BCUT2D eigenvalue weighted by molar-refractivity contribution is -0.148. The van der Waals surface area contributed by atoms with E-state index in [-0.39, 0.29) is 19.6 Å². The minimum absolute atomic E-state index is 0.0615. The van der Waals surface area contributed by atoms with E-state index in [1.165, 1.54) is 0 Å². The van der Waals surface area contributed by atoms with Crippen molar-refractivity contribution in [2.75, 3.05) is 59.3 Å². The van der Waals surface area contributed by atoms with Crippen molar-refractivity contribution in [1.29, 1.82) is 0 Å². The number of nitrogens with two attached hydrogens (primary N) is 2. The zero-order valence-corrected chi connectivity index (χ0v) is 21.7. The van der Waals surface area contributed by atoms with Crippen LogP contribution in [-0.4, -0.2) is 83.4 Å². The molecule has 0 saturated carbocycles. The number of carbonyl (C=O) groups excluding carboxylic acids is 3. The first-order chi connectivity index (χ1) is 16.6. The molecule has 0 saturated heterocycles. The molecule has 0 bridgehead atoms. The van der Waals surface area contributed by atoms with Crippen LogP contribution in [0, 0.1) is 0 Å². The third-order valence-electron chi connectivity index (χ3n) is 3.11. The van der Waals surface area contributed by atoms with Gasteiger partial charge in [-0.15, -0.1) is 0 Å². The van der Waals surface area contributed by atoms with E-state index in [9.17, 15) is 9.59 Å². The first-order valence-electron chi connectivity index (χ1n) is 11.3. The molecule has 0 radical (unpaired) electrons. The Balaban J connectivity index is -0.000000538. The fraction of sp³-hybridized carbons (Fsp3) is 0.625. The molecule has 0 aromatic carbocycles. The lowest BCUT2D eigenvalue weighted by Crippen LogP contribution is -2.34. The first kappa shape index (κ1) is 36.8. The maximum Gasteiger partial charge on any atom is 0.407 e. The summed E-state index contributed by atoms with van der Waals surface area (Å²) >= 11 is 0. The first-order valence-corrected chi connectivity index (χ1v) is 11.3. The van der Waals surface area contributed by atoms with Crippen molar-refractivity contribution in [3.63, 3.8) is 0 Å². The third-order valence-corrected chi connectivity index (χ3v) is 3.11. The van der Waals surface area contributed by atoms with Crippen LogP contribution in [0.4, 0.5) is 4.79 Å². The van der Waals surface area contributed by atoms with E-state index >= 15 is 0 Å². The van der Waals surface area contributed by atoms with Crippen molar-refractivity contribution in [2.45, 2.75) is 39.7 Å². The van der Waals surface area contributed by atoms with Crippen LogP contribution < -0.4 is 16.8 Å². The Morgan fingerprint density at radius 2 is 1.57 bits per heavy atom. The number of esters is 1. The highest BCUT2D eigenvalue weighted by Crippen LogP contribution is 2.06. The van der Waals surface area contributed by atoms with Crippen LogP contribution in [0.1, 0.15) is 34.1 Å². The van der Waals surface area contributed by atoms with E-state index in [1.807, 2.05) is 27.7 Å². The summed E-state index contributed by atoms with van der Waals surface area (Å²) in [4.78, 5) is 30.9. The molecule has 0 atom stereocenters. The summed E-state index contributed by atoms with van der Waals surface area (Å²) in [7, 11) is 0. The summed E-state index contributed by atoms with van der Waals surface area (Å²) in [6.45, 7) is 18.3. The Morgan fingerprint density at radius 3 is 2.09 bits per heavy atom. The summed E-state index contributed by atoms with van der Waals surface area (Å²) in [6.07, 6.45) is 5.77. The van der Waals surface area contributed by atoms with E-state index in [4.69, 9.17) is 34.2 Å².